The van der Waals surface area contributed by atoms with Crippen LogP contribution in [0.15, 0.2) is 18.2 Å². The van der Waals surface area contributed by atoms with Crippen molar-refractivity contribution in [2.24, 2.45) is 11.7 Å². The Morgan fingerprint density at radius 3 is 2.50 bits per heavy atom. The summed E-state index contributed by atoms with van der Waals surface area (Å²) in [5.41, 5.74) is 6.82. The summed E-state index contributed by atoms with van der Waals surface area (Å²) in [5.74, 6) is 1.27. The molecule has 0 aliphatic heterocycles. The van der Waals surface area contributed by atoms with Crippen molar-refractivity contribution < 1.29 is 14.3 Å². The number of hydrogen-bond donors (Lipinski definition) is 1. The Bertz CT molecular complexity index is 473. The lowest BCUT2D eigenvalue weighted by molar-refractivity contribution is 0.0894. The normalized spacial score (nSPS) is 22.9. The fourth-order valence-corrected chi connectivity index (χ4v) is 2.87. The molecule has 0 aromatic heterocycles. The van der Waals surface area contributed by atoms with Gasteiger partial charge < -0.3 is 15.2 Å². The number of ketones is 1. The van der Waals surface area contributed by atoms with Gasteiger partial charge in [-0.1, -0.05) is 19.3 Å². The van der Waals surface area contributed by atoms with Gasteiger partial charge in [-0.05, 0) is 31.0 Å². The molecule has 1 aromatic carbocycles. The molecule has 0 heterocycles. The predicted octanol–water partition coefficient (Wildman–Crippen LogP) is 2.79. The summed E-state index contributed by atoms with van der Waals surface area (Å²) in [6.07, 6.45) is 5.19. The molecule has 2 unspecified atom stereocenters. The fraction of sp³-hybridized carbons (Fsp3) is 0.562. The van der Waals surface area contributed by atoms with E-state index in [-0.39, 0.29) is 17.7 Å². The Kier molecular flexibility index (Phi) is 5.01. The molecule has 1 saturated carbocycles. The Balaban J connectivity index is 2.23. The number of carbonyl (C=O) groups is 1. The Hall–Kier alpha value is -1.55. The molecule has 20 heavy (non-hydrogen) atoms. The second kappa shape index (κ2) is 6.75. The van der Waals surface area contributed by atoms with Crippen molar-refractivity contribution in [1.29, 1.82) is 0 Å². The molecule has 0 saturated heterocycles. The van der Waals surface area contributed by atoms with Crippen LogP contribution in [0.25, 0.3) is 0 Å². The Morgan fingerprint density at radius 1 is 1.10 bits per heavy atom. The van der Waals surface area contributed by atoms with Gasteiger partial charge in [-0.25, -0.2) is 0 Å². The molecule has 2 N–H and O–H groups in total. The highest BCUT2D eigenvalue weighted by Gasteiger charge is 2.28. The number of nitrogens with two attached hydrogens (primary N) is 1. The van der Waals surface area contributed by atoms with Gasteiger partial charge in [-0.3, -0.25) is 4.79 Å². The van der Waals surface area contributed by atoms with E-state index in [4.69, 9.17) is 15.2 Å². The molecule has 110 valence electrons. The van der Waals surface area contributed by atoms with Gasteiger partial charge in [-0.2, -0.15) is 0 Å². The van der Waals surface area contributed by atoms with E-state index < -0.39 is 0 Å². The molecule has 0 bridgehead atoms. The number of methoxy groups -OCH3 is 2. The zero-order valence-corrected chi connectivity index (χ0v) is 12.2. The minimum Gasteiger partial charge on any atom is -0.493 e. The maximum absolute atomic E-state index is 12.7. The average Bonchev–Trinajstić information content (AvgIpc) is 2.70. The van der Waals surface area contributed by atoms with Crippen LogP contribution >= 0.6 is 0 Å². The van der Waals surface area contributed by atoms with Crippen molar-refractivity contribution in [3.8, 4) is 11.5 Å². The quantitative estimate of drug-likeness (QED) is 0.679. The molecule has 0 spiro atoms. The van der Waals surface area contributed by atoms with E-state index in [0.717, 1.165) is 25.7 Å². The van der Waals surface area contributed by atoms with Crippen LogP contribution in [0.2, 0.25) is 0 Å². The lowest BCUT2D eigenvalue weighted by Crippen LogP contribution is -2.34. The summed E-state index contributed by atoms with van der Waals surface area (Å²) < 4.78 is 10.5. The first-order chi connectivity index (χ1) is 9.67. The van der Waals surface area contributed by atoms with Crippen molar-refractivity contribution in [1.82, 2.24) is 0 Å². The van der Waals surface area contributed by atoms with Gasteiger partial charge in [0.15, 0.2) is 17.3 Å². The van der Waals surface area contributed by atoms with Crippen LogP contribution < -0.4 is 15.2 Å². The van der Waals surface area contributed by atoms with Crippen LogP contribution in [0, 0.1) is 5.92 Å². The first-order valence-electron chi connectivity index (χ1n) is 7.19. The zero-order valence-electron chi connectivity index (χ0n) is 12.2. The molecule has 2 rings (SSSR count). The molecule has 1 aromatic rings. The van der Waals surface area contributed by atoms with Gasteiger partial charge in [0.2, 0.25) is 0 Å². The van der Waals surface area contributed by atoms with E-state index in [1.807, 2.05) is 0 Å². The summed E-state index contributed by atoms with van der Waals surface area (Å²) in [5, 5.41) is 0. The molecular formula is C16H23NO3. The number of carbonyl (C=O) groups excluding carboxylic acids is 1. The SMILES string of the molecule is COc1ccc(C(=O)C2CCCCCC2N)cc1OC. The van der Waals surface area contributed by atoms with E-state index in [2.05, 4.69) is 0 Å². The minimum absolute atomic E-state index is 0.0295. The van der Waals surface area contributed by atoms with Crippen molar-refractivity contribution in [3.05, 3.63) is 23.8 Å². The number of hydrogen-bond acceptors (Lipinski definition) is 4. The first-order valence-corrected chi connectivity index (χ1v) is 7.19. The second-order valence-corrected chi connectivity index (χ2v) is 5.34. The topological polar surface area (TPSA) is 61.5 Å². The van der Waals surface area contributed by atoms with Crippen molar-refractivity contribution in [3.63, 3.8) is 0 Å². The highest BCUT2D eigenvalue weighted by molar-refractivity contribution is 5.98. The standard InChI is InChI=1S/C16H23NO3/c1-19-14-9-8-11(10-15(14)20-2)16(18)12-6-4-3-5-7-13(12)17/h8-10,12-13H,3-7,17H2,1-2H3. The number of rotatable bonds is 4. The Labute approximate surface area is 120 Å². The summed E-state index contributed by atoms with van der Waals surface area (Å²) in [6, 6.07) is 5.28. The summed E-state index contributed by atoms with van der Waals surface area (Å²) in [4.78, 5) is 12.7. The van der Waals surface area contributed by atoms with Crippen molar-refractivity contribution >= 4 is 5.78 Å². The lowest BCUT2D eigenvalue weighted by atomic mass is 9.87. The van der Waals surface area contributed by atoms with Gasteiger partial charge in [0.05, 0.1) is 14.2 Å². The molecule has 2 atom stereocenters. The molecule has 0 amide bonds. The average molecular weight is 277 g/mol. The van der Waals surface area contributed by atoms with Crippen LogP contribution in [0.5, 0.6) is 11.5 Å². The van der Waals surface area contributed by atoms with Crippen molar-refractivity contribution in [2.45, 2.75) is 38.1 Å². The van der Waals surface area contributed by atoms with E-state index in [0.29, 0.717) is 17.1 Å². The molecule has 4 nitrogen and oxygen atoms in total. The molecule has 4 heteroatoms. The van der Waals surface area contributed by atoms with Crippen LogP contribution in [0.3, 0.4) is 0 Å². The largest absolute Gasteiger partial charge is 0.493 e. The lowest BCUT2D eigenvalue weighted by Gasteiger charge is -2.20. The predicted molar refractivity (Wildman–Crippen MR) is 78.4 cm³/mol. The van der Waals surface area contributed by atoms with Gasteiger partial charge in [0.1, 0.15) is 0 Å². The molecule has 1 aliphatic carbocycles. The molecule has 1 fully saturated rings. The third-order valence-corrected chi connectivity index (χ3v) is 4.07. The maximum atomic E-state index is 12.7. The monoisotopic (exact) mass is 277 g/mol. The highest BCUT2D eigenvalue weighted by atomic mass is 16.5. The summed E-state index contributed by atoms with van der Waals surface area (Å²) in [6.45, 7) is 0. The highest BCUT2D eigenvalue weighted by Crippen LogP contribution is 2.31. The number of ether oxygens (including phenoxy) is 2. The van der Waals surface area contributed by atoms with E-state index in [1.54, 1.807) is 32.4 Å². The maximum Gasteiger partial charge on any atom is 0.167 e. The fourth-order valence-electron chi connectivity index (χ4n) is 2.87. The van der Waals surface area contributed by atoms with Crippen LogP contribution in [0.1, 0.15) is 42.5 Å². The van der Waals surface area contributed by atoms with Crippen LogP contribution in [0.4, 0.5) is 0 Å². The van der Waals surface area contributed by atoms with Gasteiger partial charge in [0.25, 0.3) is 0 Å². The minimum atomic E-state index is -0.0735. The van der Waals surface area contributed by atoms with E-state index in [9.17, 15) is 4.79 Å². The first kappa shape index (κ1) is 14.9. The van der Waals surface area contributed by atoms with Crippen LogP contribution in [-0.2, 0) is 0 Å². The summed E-state index contributed by atoms with van der Waals surface area (Å²) in [7, 11) is 3.16. The third kappa shape index (κ3) is 3.12. The van der Waals surface area contributed by atoms with Gasteiger partial charge >= 0.3 is 0 Å². The third-order valence-electron chi connectivity index (χ3n) is 4.07. The van der Waals surface area contributed by atoms with Crippen LogP contribution in [-0.4, -0.2) is 26.0 Å². The molecule has 1 aliphatic rings. The Morgan fingerprint density at radius 2 is 1.80 bits per heavy atom. The van der Waals surface area contributed by atoms with Crippen molar-refractivity contribution in [2.75, 3.05) is 14.2 Å². The van der Waals surface area contributed by atoms with Gasteiger partial charge in [0, 0.05) is 17.5 Å². The molecule has 0 radical (unpaired) electrons. The van der Waals surface area contributed by atoms with Gasteiger partial charge in [-0.15, -0.1) is 0 Å². The summed E-state index contributed by atoms with van der Waals surface area (Å²) >= 11 is 0. The van der Waals surface area contributed by atoms with E-state index >= 15 is 0 Å². The van der Waals surface area contributed by atoms with E-state index in [1.165, 1.54) is 6.42 Å². The molecular weight excluding hydrogens is 254 g/mol. The number of Topliss-reactive ketones (excluding diaryl/α,β-unsaturated/α-hetero) is 1. The number of benzene rings is 1. The zero-order chi connectivity index (χ0) is 14.5. The second-order valence-electron chi connectivity index (χ2n) is 5.34. The smallest absolute Gasteiger partial charge is 0.167 e.